The van der Waals surface area contributed by atoms with E-state index in [2.05, 4.69) is 288 Å². The summed E-state index contributed by atoms with van der Waals surface area (Å²) in [5.41, 5.74) is 29.2. The van der Waals surface area contributed by atoms with Gasteiger partial charge in [-0.25, -0.2) is 0 Å². The third-order valence-corrected chi connectivity index (χ3v) is 24.0. The van der Waals surface area contributed by atoms with Crippen LogP contribution in [0.1, 0.15) is 188 Å². The molecule has 0 fully saturated rings. The van der Waals surface area contributed by atoms with Gasteiger partial charge in [-0.1, -0.05) is 263 Å². The van der Waals surface area contributed by atoms with Crippen LogP contribution < -0.4 is 20.9 Å². The molecule has 82 heavy (non-hydrogen) atoms. The molecular weight excluding hydrogens is 985 g/mol. The third-order valence-electron chi connectivity index (χ3n) is 24.0. The minimum absolute atomic E-state index is 0.0291. The molecule has 2 aromatic carbocycles. The van der Waals surface area contributed by atoms with Gasteiger partial charge >= 0.3 is 0 Å². The highest BCUT2D eigenvalue weighted by atomic mass is 14.7. The molecule has 0 radical (unpaired) electrons. The summed E-state index contributed by atoms with van der Waals surface area (Å²) in [4.78, 5) is 0. The lowest BCUT2D eigenvalue weighted by Crippen LogP contribution is -2.57. The fourth-order valence-corrected chi connectivity index (χ4v) is 17.7. The molecule has 0 nitrogen and oxygen atoms in total. The summed E-state index contributed by atoms with van der Waals surface area (Å²) in [5, 5.41) is 5.60. The van der Waals surface area contributed by atoms with Crippen molar-refractivity contribution >= 4 is 44.6 Å². The maximum Gasteiger partial charge on any atom is 0.0322 e. The fourth-order valence-electron chi connectivity index (χ4n) is 17.7. The Balaban J connectivity index is 1.18. The highest BCUT2D eigenvalue weighted by Crippen LogP contribution is 2.74. The van der Waals surface area contributed by atoms with Gasteiger partial charge in [0.2, 0.25) is 0 Å². The van der Waals surface area contributed by atoms with E-state index in [1.807, 2.05) is 0 Å². The summed E-state index contributed by atoms with van der Waals surface area (Å²) in [6, 6.07) is 11.0. The van der Waals surface area contributed by atoms with E-state index in [0.29, 0.717) is 0 Å². The lowest BCUT2D eigenvalue weighted by atomic mass is 9.41. The predicted molar refractivity (Wildman–Crippen MR) is 352 cm³/mol. The predicted octanol–water partition coefficient (Wildman–Crippen LogP) is 18.8. The van der Waals surface area contributed by atoms with Crippen LogP contribution in [0, 0.1) is 65.0 Å². The molecule has 0 amide bonds. The number of hydrogen-bond acceptors (Lipinski definition) is 0. The van der Waals surface area contributed by atoms with Crippen LogP contribution in [-0.4, -0.2) is 0 Å². The number of allylic oxidation sites excluding steroid dienone is 30. The molecule has 12 aliphatic rings. The molecule has 0 heterocycles. The van der Waals surface area contributed by atoms with Gasteiger partial charge in [-0.05, 0) is 200 Å². The molecule has 0 saturated heterocycles. The molecule has 0 aliphatic heterocycles. The zero-order valence-corrected chi connectivity index (χ0v) is 54.5. The highest BCUT2D eigenvalue weighted by molar-refractivity contribution is 6.09. The van der Waals surface area contributed by atoms with Crippen molar-refractivity contribution in [2.45, 2.75) is 166 Å². The van der Waals surface area contributed by atoms with Gasteiger partial charge in [0.1, 0.15) is 0 Å². The minimum atomic E-state index is -0.420. The minimum Gasteiger partial charge on any atom is -0.0578 e. The summed E-state index contributed by atoms with van der Waals surface area (Å²) >= 11 is 0. The first-order chi connectivity index (χ1) is 37.6. The average Bonchev–Trinajstić information content (AvgIpc) is 0.972. The van der Waals surface area contributed by atoms with Crippen molar-refractivity contribution in [3.8, 4) is 0 Å². The zero-order valence-electron chi connectivity index (χ0n) is 54.5. The Bertz CT molecular complexity index is 4050. The monoisotopic (exact) mass is 1080 g/mol. The molecule has 0 aromatic heterocycles. The molecule has 6 atom stereocenters. The molecule has 0 bridgehead atoms. The second-order valence-corrected chi connectivity index (χ2v) is 34.4. The van der Waals surface area contributed by atoms with Crippen molar-refractivity contribution in [3.63, 3.8) is 0 Å². The molecule has 0 heteroatoms. The first kappa shape index (κ1) is 54.0. The van der Waals surface area contributed by atoms with E-state index in [9.17, 15) is 0 Å². The van der Waals surface area contributed by atoms with E-state index in [0.717, 1.165) is 0 Å². The van der Waals surface area contributed by atoms with Gasteiger partial charge < -0.3 is 0 Å². The summed E-state index contributed by atoms with van der Waals surface area (Å²) in [6.45, 7) is 59.1. The number of rotatable bonds is 0. The third kappa shape index (κ3) is 6.26. The van der Waals surface area contributed by atoms with Crippen molar-refractivity contribution in [2.75, 3.05) is 0 Å². The fraction of sp³-hybridized carbons (Fsp3) is 0.439. The van der Waals surface area contributed by atoms with Crippen LogP contribution in [0.2, 0.25) is 0 Å². The van der Waals surface area contributed by atoms with Gasteiger partial charge in [0.05, 0.1) is 0 Å². The summed E-state index contributed by atoms with van der Waals surface area (Å²) in [6.07, 6.45) is 41.5. The molecule has 0 saturated carbocycles. The first-order valence-electron chi connectivity index (χ1n) is 31.3. The molecule has 12 aliphatic carbocycles. The van der Waals surface area contributed by atoms with E-state index < -0.39 is 10.8 Å². The maximum atomic E-state index is 2.74. The van der Waals surface area contributed by atoms with Crippen LogP contribution in [0.3, 0.4) is 0 Å². The zero-order chi connectivity index (χ0) is 59.2. The average molecular weight is 1080 g/mol. The van der Waals surface area contributed by atoms with Gasteiger partial charge in [0.15, 0.2) is 0 Å². The largest absolute Gasteiger partial charge is 0.0578 e. The van der Waals surface area contributed by atoms with Crippen molar-refractivity contribution in [3.05, 3.63) is 220 Å². The van der Waals surface area contributed by atoms with Gasteiger partial charge in [-0.3, -0.25) is 0 Å². The summed E-state index contributed by atoms with van der Waals surface area (Å²) in [7, 11) is 0. The van der Waals surface area contributed by atoms with Crippen LogP contribution >= 0.6 is 0 Å². The second-order valence-electron chi connectivity index (χ2n) is 34.4. The van der Waals surface area contributed by atoms with Crippen molar-refractivity contribution in [1.29, 1.82) is 0 Å². The molecule has 14 rings (SSSR count). The van der Waals surface area contributed by atoms with E-state index in [-0.39, 0.29) is 54.1 Å². The molecular formula is C82H92. The molecule has 420 valence electrons. The van der Waals surface area contributed by atoms with Gasteiger partial charge in [-0.15, -0.1) is 0 Å². The molecule has 2 aromatic rings. The van der Waals surface area contributed by atoms with Crippen LogP contribution in [0.5, 0.6) is 0 Å². The molecule has 0 spiro atoms. The topological polar surface area (TPSA) is 0 Å². The van der Waals surface area contributed by atoms with Gasteiger partial charge in [-0.2, -0.15) is 0 Å². The standard InChI is InChI=1S/C82H92/c1-71(2,3)49-29-45-25-26-46-30-50(72(4,5)6)34-64-56-42-60-59(41-55(56)63(33-49)77(45,19)78(46,64)20)67-37-53(75(13,14)15)39-69-61-43-57-58(44-62(61)70-40-54(76(16,17)18)38-68(60)82(70,24)81(67,69)23)66-36-52(74(10,11)12)32-48-28-27-47-31-51(73(7,8)9)35-65(57)79(47,21)80(48,66)22/h25-44H,1-24H3. The summed E-state index contributed by atoms with van der Waals surface area (Å²) < 4.78 is 0. The maximum absolute atomic E-state index is 2.74. The lowest BCUT2D eigenvalue weighted by molar-refractivity contribution is 0.298. The van der Waals surface area contributed by atoms with Crippen LogP contribution in [0.25, 0.3) is 44.6 Å². The number of hydrogen-bond donors (Lipinski definition) is 0. The van der Waals surface area contributed by atoms with Crippen molar-refractivity contribution in [1.82, 2.24) is 0 Å². The normalized spacial score (nSPS) is 31.6. The first-order valence-corrected chi connectivity index (χ1v) is 31.3. The van der Waals surface area contributed by atoms with Gasteiger partial charge in [0, 0.05) is 32.5 Å². The Kier molecular flexibility index (Phi) is 10.1. The molecule has 0 N–H and O–H groups in total. The Morgan fingerprint density at radius 3 is 0.707 bits per heavy atom. The second kappa shape index (κ2) is 15.3. The quantitative estimate of drug-likeness (QED) is 0.247. The van der Waals surface area contributed by atoms with E-state index >= 15 is 0 Å². The number of fused-ring (bicyclic) bond motifs is 8. The Morgan fingerprint density at radius 2 is 0.451 bits per heavy atom. The smallest absolute Gasteiger partial charge is 0.0322 e. The van der Waals surface area contributed by atoms with Crippen molar-refractivity contribution < 1.29 is 0 Å². The lowest BCUT2D eigenvalue weighted by Gasteiger charge is -2.61. The number of benzene rings is 2. The van der Waals surface area contributed by atoms with Crippen LogP contribution in [-0.2, 0) is 0 Å². The highest BCUT2D eigenvalue weighted by Gasteiger charge is 2.64. The van der Waals surface area contributed by atoms with E-state index in [1.54, 1.807) is 0 Å². The Morgan fingerprint density at radius 1 is 0.232 bits per heavy atom. The van der Waals surface area contributed by atoms with Gasteiger partial charge in [0.25, 0.3) is 0 Å². The van der Waals surface area contributed by atoms with Crippen LogP contribution in [0.4, 0.5) is 0 Å². The Labute approximate surface area is 493 Å². The van der Waals surface area contributed by atoms with E-state index in [4.69, 9.17) is 0 Å². The van der Waals surface area contributed by atoms with Crippen molar-refractivity contribution in [2.24, 2.45) is 65.0 Å². The van der Waals surface area contributed by atoms with Crippen LogP contribution in [0.15, 0.2) is 177 Å². The molecule has 6 unspecified atom stereocenters. The SMILES string of the molecule is CC(C)(C)C1=CC2=CC=C3C=C(C(C)(C)C)C=C4c5cc6c(cc5C(=C1)C2(C)C34C)=C1C=C(C(C)(C)C)C=C2c3cc4c(cc3C3=CC(C(C)(C)C)=CC=6C3(C)C21C)=C1C=C(C(C)(C)C)C=C2C=CC3=CC(C(C)(C)C)=CC=4C3(C)C21C. The summed E-state index contributed by atoms with van der Waals surface area (Å²) in [5.74, 6) is 0. The Hall–Kier alpha value is -5.98. The van der Waals surface area contributed by atoms with E-state index in [1.165, 1.54) is 143 Å².